The number of rotatable bonds is 12. The summed E-state index contributed by atoms with van der Waals surface area (Å²) in [4.78, 5) is 18.9. The smallest absolute Gasteiger partial charge is 0.342 e. The SMILES string of the molecule is NCCCCCC(=O)N(CCc1ccccc1)CCc1nc(-c2cccc(C(F)(F)F)c2)no1. The highest BCUT2D eigenvalue weighted by molar-refractivity contribution is 5.76. The Balaban J connectivity index is 1.63. The monoisotopic (exact) mass is 474 g/mol. The number of carbonyl (C=O) groups is 1. The number of hydrogen-bond donors (Lipinski definition) is 1. The lowest BCUT2D eigenvalue weighted by Crippen LogP contribution is -2.34. The van der Waals surface area contributed by atoms with Gasteiger partial charge in [-0.1, -0.05) is 54.0 Å². The number of carbonyl (C=O) groups excluding carboxylic acids is 1. The number of unbranched alkanes of at least 4 members (excludes halogenated alkanes) is 2. The van der Waals surface area contributed by atoms with Crippen molar-refractivity contribution in [2.24, 2.45) is 5.73 Å². The minimum Gasteiger partial charge on any atom is -0.342 e. The summed E-state index contributed by atoms with van der Waals surface area (Å²) >= 11 is 0. The molecule has 0 spiro atoms. The summed E-state index contributed by atoms with van der Waals surface area (Å²) in [6, 6.07) is 14.7. The number of hydrogen-bond acceptors (Lipinski definition) is 5. The molecule has 3 rings (SSSR count). The Morgan fingerprint density at radius 2 is 1.74 bits per heavy atom. The predicted octanol–water partition coefficient (Wildman–Crippen LogP) is 4.89. The molecule has 0 aliphatic carbocycles. The van der Waals surface area contributed by atoms with Crippen LogP contribution in [0.1, 0.15) is 42.7 Å². The van der Waals surface area contributed by atoms with Crippen molar-refractivity contribution < 1.29 is 22.5 Å². The molecule has 3 aromatic rings. The summed E-state index contributed by atoms with van der Waals surface area (Å²) in [5, 5.41) is 3.83. The maximum absolute atomic E-state index is 13.0. The molecule has 0 aliphatic heterocycles. The summed E-state index contributed by atoms with van der Waals surface area (Å²) in [5.74, 6) is 0.406. The van der Waals surface area contributed by atoms with Crippen LogP contribution in [0.25, 0.3) is 11.4 Å². The van der Waals surface area contributed by atoms with Gasteiger partial charge in [-0.05, 0) is 43.5 Å². The van der Waals surface area contributed by atoms with Gasteiger partial charge >= 0.3 is 6.18 Å². The van der Waals surface area contributed by atoms with E-state index in [0.717, 1.165) is 37.0 Å². The summed E-state index contributed by atoms with van der Waals surface area (Å²) in [6.07, 6.45) is -0.418. The van der Waals surface area contributed by atoms with Crippen LogP contribution >= 0.6 is 0 Å². The first kappa shape index (κ1) is 25.4. The summed E-state index contributed by atoms with van der Waals surface area (Å²) in [7, 11) is 0. The van der Waals surface area contributed by atoms with Crippen molar-refractivity contribution in [2.45, 2.75) is 44.7 Å². The molecule has 0 atom stereocenters. The van der Waals surface area contributed by atoms with Crippen LogP contribution in [0.2, 0.25) is 0 Å². The van der Waals surface area contributed by atoms with Crippen LogP contribution in [0, 0.1) is 0 Å². The highest BCUT2D eigenvalue weighted by Crippen LogP contribution is 2.31. The van der Waals surface area contributed by atoms with E-state index in [-0.39, 0.29) is 23.2 Å². The van der Waals surface area contributed by atoms with Gasteiger partial charge in [-0.2, -0.15) is 18.2 Å². The fourth-order valence-corrected chi connectivity index (χ4v) is 3.56. The molecule has 2 N–H and O–H groups in total. The minimum atomic E-state index is -4.45. The van der Waals surface area contributed by atoms with E-state index in [0.29, 0.717) is 38.9 Å². The Kier molecular flexibility index (Phi) is 9.21. The minimum absolute atomic E-state index is 0.0468. The molecule has 0 aliphatic rings. The lowest BCUT2D eigenvalue weighted by Gasteiger charge is -2.22. The van der Waals surface area contributed by atoms with Gasteiger partial charge in [-0.3, -0.25) is 4.79 Å². The molecule has 1 amide bonds. The van der Waals surface area contributed by atoms with E-state index in [1.54, 1.807) is 4.90 Å². The normalized spacial score (nSPS) is 11.5. The van der Waals surface area contributed by atoms with Crippen molar-refractivity contribution in [2.75, 3.05) is 19.6 Å². The number of halogens is 3. The molecule has 0 unspecified atom stereocenters. The molecule has 182 valence electrons. The first-order valence-electron chi connectivity index (χ1n) is 11.4. The van der Waals surface area contributed by atoms with Crippen molar-refractivity contribution in [1.29, 1.82) is 0 Å². The van der Waals surface area contributed by atoms with Crippen molar-refractivity contribution in [3.05, 3.63) is 71.6 Å². The number of amides is 1. The molecular formula is C25H29F3N4O2. The highest BCUT2D eigenvalue weighted by atomic mass is 19.4. The second-order valence-electron chi connectivity index (χ2n) is 8.06. The second-order valence-corrected chi connectivity index (χ2v) is 8.06. The third kappa shape index (κ3) is 7.69. The van der Waals surface area contributed by atoms with Crippen molar-refractivity contribution in [3.8, 4) is 11.4 Å². The van der Waals surface area contributed by atoms with E-state index in [1.165, 1.54) is 12.1 Å². The van der Waals surface area contributed by atoms with Gasteiger partial charge in [0.1, 0.15) is 0 Å². The topological polar surface area (TPSA) is 85.3 Å². The van der Waals surface area contributed by atoms with Crippen molar-refractivity contribution >= 4 is 5.91 Å². The first-order chi connectivity index (χ1) is 16.4. The van der Waals surface area contributed by atoms with Crippen LogP contribution < -0.4 is 5.73 Å². The Labute approximate surface area is 197 Å². The van der Waals surface area contributed by atoms with E-state index in [4.69, 9.17) is 10.3 Å². The summed E-state index contributed by atoms with van der Waals surface area (Å²) in [5.41, 5.74) is 6.11. The maximum atomic E-state index is 13.0. The molecule has 0 fully saturated rings. The fraction of sp³-hybridized carbons (Fsp3) is 0.400. The van der Waals surface area contributed by atoms with Crippen LogP contribution in [0.5, 0.6) is 0 Å². The standard InChI is InChI=1S/C25H29F3N4O2/c26-25(27,28)21-11-7-10-20(18-21)24-30-22(34-31-24)14-17-32(23(33)12-5-2-6-15-29)16-13-19-8-3-1-4-9-19/h1,3-4,7-11,18H,2,5-6,12-17,29H2. The van der Waals surface area contributed by atoms with E-state index in [2.05, 4.69) is 10.1 Å². The maximum Gasteiger partial charge on any atom is 0.416 e. The van der Waals surface area contributed by atoms with Gasteiger partial charge < -0.3 is 15.2 Å². The Bertz CT molecular complexity index is 1040. The van der Waals surface area contributed by atoms with Gasteiger partial charge in [0.2, 0.25) is 17.6 Å². The predicted molar refractivity (Wildman–Crippen MR) is 123 cm³/mol. The number of nitrogens with two attached hydrogens (primary N) is 1. The zero-order valence-corrected chi connectivity index (χ0v) is 18.9. The van der Waals surface area contributed by atoms with E-state index >= 15 is 0 Å². The van der Waals surface area contributed by atoms with Gasteiger partial charge in [-0.15, -0.1) is 0 Å². The van der Waals surface area contributed by atoms with Gasteiger partial charge in [-0.25, -0.2) is 0 Å². The average molecular weight is 475 g/mol. The van der Waals surface area contributed by atoms with Gasteiger partial charge in [0.05, 0.1) is 5.56 Å². The van der Waals surface area contributed by atoms with E-state index in [1.807, 2.05) is 30.3 Å². The van der Waals surface area contributed by atoms with E-state index < -0.39 is 11.7 Å². The van der Waals surface area contributed by atoms with Crippen LogP contribution in [0.15, 0.2) is 59.1 Å². The fourth-order valence-electron chi connectivity index (χ4n) is 3.56. The lowest BCUT2D eigenvalue weighted by molar-refractivity contribution is -0.137. The zero-order chi connectivity index (χ0) is 24.4. The molecule has 6 nitrogen and oxygen atoms in total. The summed E-state index contributed by atoms with van der Waals surface area (Å²) < 4.78 is 44.2. The van der Waals surface area contributed by atoms with Crippen LogP contribution in [-0.2, 0) is 23.8 Å². The van der Waals surface area contributed by atoms with Crippen LogP contribution in [-0.4, -0.2) is 40.6 Å². The molecule has 1 aromatic heterocycles. The molecule has 0 bridgehead atoms. The molecular weight excluding hydrogens is 445 g/mol. The Morgan fingerprint density at radius 3 is 2.47 bits per heavy atom. The molecule has 0 radical (unpaired) electrons. The molecule has 1 heterocycles. The number of aromatic nitrogens is 2. The largest absolute Gasteiger partial charge is 0.416 e. The number of nitrogens with zero attached hydrogens (tertiary/aromatic N) is 3. The van der Waals surface area contributed by atoms with Crippen LogP contribution in [0.4, 0.5) is 13.2 Å². The van der Waals surface area contributed by atoms with Crippen molar-refractivity contribution in [1.82, 2.24) is 15.0 Å². The van der Waals surface area contributed by atoms with Crippen molar-refractivity contribution in [3.63, 3.8) is 0 Å². The number of benzene rings is 2. The van der Waals surface area contributed by atoms with E-state index in [9.17, 15) is 18.0 Å². The third-order valence-electron chi connectivity index (χ3n) is 5.47. The quantitative estimate of drug-likeness (QED) is 0.378. The lowest BCUT2D eigenvalue weighted by atomic mass is 10.1. The second kappa shape index (κ2) is 12.3. The average Bonchev–Trinajstić information content (AvgIpc) is 3.31. The number of alkyl halides is 3. The molecule has 0 saturated carbocycles. The van der Waals surface area contributed by atoms with Crippen LogP contribution in [0.3, 0.4) is 0 Å². The Morgan fingerprint density at radius 1 is 0.971 bits per heavy atom. The zero-order valence-electron chi connectivity index (χ0n) is 18.9. The highest BCUT2D eigenvalue weighted by Gasteiger charge is 2.30. The third-order valence-corrected chi connectivity index (χ3v) is 5.47. The first-order valence-corrected chi connectivity index (χ1v) is 11.4. The van der Waals surface area contributed by atoms with Gasteiger partial charge in [0, 0.05) is 31.5 Å². The molecule has 0 saturated heterocycles. The molecule has 34 heavy (non-hydrogen) atoms. The van der Waals surface area contributed by atoms with Gasteiger partial charge in [0.15, 0.2) is 0 Å². The molecule has 9 heteroatoms. The van der Waals surface area contributed by atoms with Gasteiger partial charge in [0.25, 0.3) is 0 Å². The molecule has 2 aromatic carbocycles. The Hall–Kier alpha value is -3.20. The summed E-state index contributed by atoms with van der Waals surface area (Å²) in [6.45, 7) is 1.54.